The van der Waals surface area contributed by atoms with Crippen LogP contribution in [0.1, 0.15) is 25.8 Å². The number of hydrogen-bond donors (Lipinski definition) is 1. The maximum Gasteiger partial charge on any atom is 0.331 e. The summed E-state index contributed by atoms with van der Waals surface area (Å²) in [5.74, 6) is -0.857. The quantitative estimate of drug-likeness (QED) is 0.797. The van der Waals surface area contributed by atoms with Gasteiger partial charge in [-0.15, -0.1) is 0 Å². The van der Waals surface area contributed by atoms with Gasteiger partial charge in [0.05, 0.1) is 0 Å². The van der Waals surface area contributed by atoms with E-state index in [0.29, 0.717) is 17.0 Å². The van der Waals surface area contributed by atoms with Gasteiger partial charge in [0.15, 0.2) is 0 Å². The highest BCUT2D eigenvalue weighted by molar-refractivity contribution is 6.30. The summed E-state index contributed by atoms with van der Waals surface area (Å²) in [6.45, 7) is 3.65. The van der Waals surface area contributed by atoms with E-state index in [1.807, 2.05) is 26.0 Å². The number of aliphatic carboxylic acids is 1. The summed E-state index contributed by atoms with van der Waals surface area (Å²) in [6.07, 6.45) is 0.518. The average molecular weight is 225 g/mol. The summed E-state index contributed by atoms with van der Waals surface area (Å²) < 4.78 is 0. The third-order valence-electron chi connectivity index (χ3n) is 2.34. The van der Waals surface area contributed by atoms with Crippen molar-refractivity contribution >= 4 is 23.1 Å². The first-order valence-electron chi connectivity index (χ1n) is 4.75. The fraction of sp³-hybridized carbons (Fsp3) is 0.250. The molecule has 0 amide bonds. The molecule has 0 saturated heterocycles. The van der Waals surface area contributed by atoms with Crippen molar-refractivity contribution < 1.29 is 9.90 Å². The number of benzene rings is 1. The predicted molar refractivity (Wildman–Crippen MR) is 62.0 cm³/mol. The van der Waals surface area contributed by atoms with Crippen LogP contribution in [0.25, 0.3) is 5.57 Å². The van der Waals surface area contributed by atoms with Crippen LogP contribution in [-0.2, 0) is 4.79 Å². The maximum atomic E-state index is 10.9. The SMILES string of the molecule is CCC(C(=O)O)=C(C)c1ccc(Cl)cc1. The Kier molecular flexibility index (Phi) is 3.92. The molecule has 0 radical (unpaired) electrons. The van der Waals surface area contributed by atoms with Crippen LogP contribution in [0.5, 0.6) is 0 Å². The molecule has 0 fully saturated rings. The van der Waals surface area contributed by atoms with Crippen molar-refractivity contribution in [1.82, 2.24) is 0 Å². The second-order valence-electron chi connectivity index (χ2n) is 3.27. The van der Waals surface area contributed by atoms with Crippen LogP contribution >= 0.6 is 11.6 Å². The number of hydrogen-bond acceptors (Lipinski definition) is 1. The van der Waals surface area contributed by atoms with Crippen LogP contribution in [-0.4, -0.2) is 11.1 Å². The zero-order valence-electron chi connectivity index (χ0n) is 8.75. The summed E-state index contributed by atoms with van der Waals surface area (Å²) in [6, 6.07) is 7.18. The molecule has 0 aromatic heterocycles. The first kappa shape index (κ1) is 11.8. The largest absolute Gasteiger partial charge is 0.478 e. The Labute approximate surface area is 94.2 Å². The lowest BCUT2D eigenvalue weighted by Crippen LogP contribution is -2.01. The summed E-state index contributed by atoms with van der Waals surface area (Å²) in [7, 11) is 0. The Morgan fingerprint density at radius 2 is 1.87 bits per heavy atom. The van der Waals surface area contributed by atoms with Gasteiger partial charge in [-0.25, -0.2) is 4.79 Å². The van der Waals surface area contributed by atoms with Crippen LogP contribution in [0.3, 0.4) is 0 Å². The molecular weight excluding hydrogens is 212 g/mol. The summed E-state index contributed by atoms with van der Waals surface area (Å²) in [4.78, 5) is 10.9. The molecule has 0 aliphatic carbocycles. The standard InChI is InChI=1S/C12H13ClO2/c1-3-11(12(14)15)8(2)9-4-6-10(13)7-5-9/h4-7H,3H2,1-2H3,(H,14,15). The van der Waals surface area contributed by atoms with Gasteiger partial charge in [-0.1, -0.05) is 30.7 Å². The predicted octanol–water partition coefficient (Wildman–Crippen LogP) is 3.61. The Balaban J connectivity index is 3.16. The van der Waals surface area contributed by atoms with Crippen molar-refractivity contribution in [3.05, 3.63) is 40.4 Å². The van der Waals surface area contributed by atoms with Gasteiger partial charge in [-0.2, -0.15) is 0 Å². The molecule has 0 unspecified atom stereocenters. The molecule has 0 spiro atoms. The van der Waals surface area contributed by atoms with Gasteiger partial charge >= 0.3 is 5.97 Å². The normalized spacial score (nSPS) is 12.2. The van der Waals surface area contributed by atoms with Gasteiger partial charge < -0.3 is 5.11 Å². The molecule has 1 N–H and O–H groups in total. The molecule has 1 aromatic carbocycles. The molecule has 2 nitrogen and oxygen atoms in total. The fourth-order valence-corrected chi connectivity index (χ4v) is 1.58. The van der Waals surface area contributed by atoms with Gasteiger partial charge in [0.1, 0.15) is 0 Å². The van der Waals surface area contributed by atoms with E-state index in [9.17, 15) is 4.79 Å². The molecule has 80 valence electrons. The number of carbonyl (C=O) groups is 1. The second-order valence-corrected chi connectivity index (χ2v) is 3.71. The van der Waals surface area contributed by atoms with E-state index < -0.39 is 5.97 Å². The van der Waals surface area contributed by atoms with E-state index in [2.05, 4.69) is 0 Å². The van der Waals surface area contributed by atoms with Crippen LogP contribution < -0.4 is 0 Å². The minimum atomic E-state index is -0.857. The molecule has 15 heavy (non-hydrogen) atoms. The fourth-order valence-electron chi connectivity index (χ4n) is 1.45. The van der Waals surface area contributed by atoms with Gasteiger partial charge in [0, 0.05) is 10.6 Å². The molecule has 0 atom stereocenters. The maximum absolute atomic E-state index is 10.9. The summed E-state index contributed by atoms with van der Waals surface area (Å²) in [5, 5.41) is 9.63. The average Bonchev–Trinajstić information content (AvgIpc) is 2.19. The lowest BCUT2D eigenvalue weighted by atomic mass is 10.00. The molecule has 0 aliphatic heterocycles. The minimum absolute atomic E-state index is 0.442. The van der Waals surface area contributed by atoms with Crippen molar-refractivity contribution in [2.75, 3.05) is 0 Å². The van der Waals surface area contributed by atoms with Crippen LogP contribution in [0.15, 0.2) is 29.8 Å². The van der Waals surface area contributed by atoms with E-state index in [4.69, 9.17) is 16.7 Å². The van der Waals surface area contributed by atoms with E-state index in [0.717, 1.165) is 11.1 Å². The topological polar surface area (TPSA) is 37.3 Å². The first-order chi connectivity index (χ1) is 7.06. The monoisotopic (exact) mass is 224 g/mol. The van der Waals surface area contributed by atoms with Gasteiger partial charge in [-0.3, -0.25) is 0 Å². The zero-order valence-corrected chi connectivity index (χ0v) is 9.51. The molecule has 0 bridgehead atoms. The van der Waals surface area contributed by atoms with Crippen molar-refractivity contribution in [2.45, 2.75) is 20.3 Å². The molecule has 0 heterocycles. The number of rotatable bonds is 3. The molecule has 1 aromatic rings. The summed E-state index contributed by atoms with van der Waals surface area (Å²) >= 11 is 5.76. The lowest BCUT2D eigenvalue weighted by molar-refractivity contribution is -0.132. The highest BCUT2D eigenvalue weighted by Crippen LogP contribution is 2.22. The Morgan fingerprint density at radius 3 is 2.27 bits per heavy atom. The van der Waals surface area contributed by atoms with Crippen LogP contribution in [0.2, 0.25) is 5.02 Å². The number of carboxylic acid groups (broad SMARTS) is 1. The Morgan fingerprint density at radius 1 is 1.33 bits per heavy atom. The second kappa shape index (κ2) is 4.99. The van der Waals surface area contributed by atoms with Gasteiger partial charge in [0.25, 0.3) is 0 Å². The number of allylic oxidation sites excluding steroid dienone is 1. The molecule has 0 saturated carbocycles. The third kappa shape index (κ3) is 2.83. The van der Waals surface area contributed by atoms with Crippen molar-refractivity contribution in [3.63, 3.8) is 0 Å². The highest BCUT2D eigenvalue weighted by atomic mass is 35.5. The first-order valence-corrected chi connectivity index (χ1v) is 5.13. The molecule has 1 rings (SSSR count). The van der Waals surface area contributed by atoms with Crippen molar-refractivity contribution in [2.24, 2.45) is 0 Å². The van der Waals surface area contributed by atoms with E-state index in [1.165, 1.54) is 0 Å². The molecule has 3 heteroatoms. The van der Waals surface area contributed by atoms with Crippen LogP contribution in [0, 0.1) is 0 Å². The van der Waals surface area contributed by atoms with E-state index >= 15 is 0 Å². The smallest absolute Gasteiger partial charge is 0.331 e. The molecular formula is C12H13ClO2. The minimum Gasteiger partial charge on any atom is -0.478 e. The summed E-state index contributed by atoms with van der Waals surface area (Å²) in [5.41, 5.74) is 2.14. The number of carboxylic acids is 1. The van der Waals surface area contributed by atoms with Crippen molar-refractivity contribution in [1.29, 1.82) is 0 Å². The van der Waals surface area contributed by atoms with Crippen LogP contribution in [0.4, 0.5) is 0 Å². The lowest BCUT2D eigenvalue weighted by Gasteiger charge is -2.06. The van der Waals surface area contributed by atoms with Gasteiger partial charge in [0.2, 0.25) is 0 Å². The Bertz CT molecular complexity index is 391. The number of halogens is 1. The Hall–Kier alpha value is -1.28. The van der Waals surface area contributed by atoms with E-state index in [-0.39, 0.29) is 0 Å². The zero-order chi connectivity index (χ0) is 11.4. The third-order valence-corrected chi connectivity index (χ3v) is 2.59. The highest BCUT2D eigenvalue weighted by Gasteiger charge is 2.10. The van der Waals surface area contributed by atoms with Crippen molar-refractivity contribution in [3.8, 4) is 0 Å². The molecule has 0 aliphatic rings. The van der Waals surface area contributed by atoms with Gasteiger partial charge in [-0.05, 0) is 36.6 Å². The van der Waals surface area contributed by atoms with E-state index in [1.54, 1.807) is 12.1 Å².